The minimum absolute atomic E-state index is 2.61. The van der Waals surface area contributed by atoms with Crippen LogP contribution in [0.5, 0.6) is 0 Å². The lowest BCUT2D eigenvalue weighted by atomic mass is 13.6. The summed E-state index contributed by atoms with van der Waals surface area (Å²) in [4.78, 5) is 0. The second-order valence-corrected chi connectivity index (χ2v) is 0.692. The molecule has 0 aromatic carbocycles. The summed E-state index contributed by atoms with van der Waals surface area (Å²) >= 11 is -2.61. The van der Waals surface area contributed by atoms with Gasteiger partial charge in [0.2, 0.25) is 0 Å². The Bertz CT molecular complexity index is 30.5. The molecule has 0 amide bonds. The highest BCUT2D eigenvalue weighted by Gasteiger charge is 1.62. The number of hydrogen-bond donors (Lipinski definition) is 4. The predicted octanol–water partition coefficient (Wildman–Crippen LogP) is -0.985. The molecule has 0 bridgehead atoms. The Labute approximate surface area is 36.8 Å². The average Bonchev–Trinajstić information content (AvgIpc) is 1.41. The molecular weight excluding hydrogens is 110 g/mol. The van der Waals surface area contributed by atoms with Crippen LogP contribution in [0, 0.1) is 0 Å². The summed E-state index contributed by atoms with van der Waals surface area (Å²) in [6.07, 6.45) is 0. The molecule has 6 heavy (non-hydrogen) atoms. The topological polar surface area (TPSA) is 104 Å². The van der Waals surface area contributed by atoms with Crippen molar-refractivity contribution in [3.63, 3.8) is 0 Å². The lowest BCUT2D eigenvalue weighted by Crippen LogP contribution is -1.74. The molecule has 0 fully saturated rings. The van der Waals surface area contributed by atoms with Gasteiger partial charge < -0.3 is 5.21 Å². The van der Waals surface area contributed by atoms with E-state index in [1.807, 2.05) is 0 Å². The largest absolute Gasteiger partial charge is 0.320 e. The van der Waals surface area contributed by atoms with Crippen LogP contribution >= 0.6 is 0 Å². The molecule has 0 spiro atoms. The van der Waals surface area contributed by atoms with Crippen LogP contribution in [0.2, 0.25) is 0 Å². The molecule has 0 aliphatic carbocycles. The molecule has 0 atom stereocenters. The minimum Gasteiger partial charge on any atom is -0.320 e. The molecule has 0 saturated heterocycles. The summed E-state index contributed by atoms with van der Waals surface area (Å²) in [5.74, 6) is 3.50. The van der Waals surface area contributed by atoms with Crippen molar-refractivity contribution in [2.24, 2.45) is 5.90 Å². The zero-order valence-corrected chi connectivity index (χ0v) is 3.55. The van der Waals surface area contributed by atoms with Crippen molar-refractivity contribution in [1.82, 2.24) is 0 Å². The molecule has 0 aliphatic heterocycles. The summed E-state index contributed by atoms with van der Waals surface area (Å²) < 4.78 is 22.8. The number of nitrogens with two attached hydrogens (primary N) is 1. The first-order valence-corrected chi connectivity index (χ1v) is 1.85. The van der Waals surface area contributed by atoms with Crippen LogP contribution in [-0.2, 0) is 11.4 Å². The number of rotatable bonds is 0. The Balaban J connectivity index is 0. The highest BCUT2D eigenvalue weighted by Crippen LogP contribution is 1.44. The molecule has 0 saturated carbocycles. The molecule has 0 radical (unpaired) electrons. The SMILES string of the molecule is NO.O=S(O)O. The van der Waals surface area contributed by atoms with Gasteiger partial charge in [0.15, 0.2) is 0 Å². The van der Waals surface area contributed by atoms with Crippen LogP contribution in [0.15, 0.2) is 0 Å². The third kappa shape index (κ3) is 357000. The van der Waals surface area contributed by atoms with Crippen molar-refractivity contribution in [2.45, 2.75) is 0 Å². The molecule has 5 N–H and O–H groups in total. The molecule has 0 aromatic rings. The van der Waals surface area contributed by atoms with E-state index in [0.717, 1.165) is 0 Å². The monoisotopic (exact) mass is 115 g/mol. The van der Waals surface area contributed by atoms with Gasteiger partial charge in [0.05, 0.1) is 0 Å². The van der Waals surface area contributed by atoms with Gasteiger partial charge in [0.25, 0.3) is 11.4 Å². The minimum atomic E-state index is -2.61. The summed E-state index contributed by atoms with van der Waals surface area (Å²) in [5.41, 5.74) is 0. The van der Waals surface area contributed by atoms with Gasteiger partial charge in [-0.05, 0) is 0 Å². The van der Waals surface area contributed by atoms with Gasteiger partial charge >= 0.3 is 0 Å². The van der Waals surface area contributed by atoms with Crippen molar-refractivity contribution in [3.05, 3.63) is 0 Å². The summed E-state index contributed by atoms with van der Waals surface area (Å²) in [6, 6.07) is 0. The normalized spacial score (nSPS) is 6.83. The fourth-order valence-corrected chi connectivity index (χ4v) is 0. The van der Waals surface area contributed by atoms with E-state index in [1.54, 1.807) is 0 Å². The van der Waals surface area contributed by atoms with Crippen LogP contribution in [0.3, 0.4) is 0 Å². The summed E-state index contributed by atoms with van der Waals surface area (Å²) in [5, 5.41) is 6.50. The van der Waals surface area contributed by atoms with E-state index in [0.29, 0.717) is 0 Å². The van der Waals surface area contributed by atoms with Crippen LogP contribution in [0.25, 0.3) is 0 Å². The van der Waals surface area contributed by atoms with Gasteiger partial charge in [-0.3, -0.25) is 9.11 Å². The standard InChI is InChI=1S/H3NO.H2O3S/c1-2;1-4(2)3/h2H,1H2;(H2,1,2,3). The van der Waals surface area contributed by atoms with Crippen LogP contribution in [0.4, 0.5) is 0 Å². The van der Waals surface area contributed by atoms with Gasteiger partial charge in [-0.15, -0.1) is 0 Å². The van der Waals surface area contributed by atoms with E-state index in [1.165, 1.54) is 0 Å². The fraction of sp³-hybridized carbons (Fsp3) is 0. The smallest absolute Gasteiger partial charge is 0.299 e. The molecule has 0 aliphatic rings. The predicted molar refractivity (Wildman–Crippen MR) is 19.4 cm³/mol. The fourth-order valence-electron chi connectivity index (χ4n) is 0. The zero-order valence-electron chi connectivity index (χ0n) is 2.74. The maximum Gasteiger partial charge on any atom is 0.299 e. The molecule has 0 unspecified atom stereocenters. The van der Waals surface area contributed by atoms with Gasteiger partial charge in [-0.25, -0.2) is 5.90 Å². The summed E-state index contributed by atoms with van der Waals surface area (Å²) in [6.45, 7) is 0. The van der Waals surface area contributed by atoms with E-state index in [-0.39, 0.29) is 0 Å². The molecular formula is H5NO4S. The molecule has 0 aromatic heterocycles. The highest BCUT2D eigenvalue weighted by atomic mass is 32.2. The molecule has 6 heteroatoms. The Kier molecular flexibility index (Phi) is 13.9. The maximum absolute atomic E-state index is 8.67. The zero-order chi connectivity index (χ0) is 5.58. The quantitative estimate of drug-likeness (QED) is 0.240. The maximum atomic E-state index is 8.67. The first kappa shape index (κ1) is 9.37. The lowest BCUT2D eigenvalue weighted by molar-refractivity contribution is 0.311. The van der Waals surface area contributed by atoms with E-state index < -0.39 is 11.4 Å². The lowest BCUT2D eigenvalue weighted by Gasteiger charge is -1.59. The van der Waals surface area contributed by atoms with E-state index in [4.69, 9.17) is 18.5 Å². The third-order valence-electron chi connectivity index (χ3n) is 0. The van der Waals surface area contributed by atoms with Crippen LogP contribution in [0.1, 0.15) is 0 Å². The summed E-state index contributed by atoms with van der Waals surface area (Å²) in [7, 11) is 0. The van der Waals surface area contributed by atoms with Crippen molar-refractivity contribution in [3.8, 4) is 0 Å². The average molecular weight is 115 g/mol. The Morgan fingerprint density at radius 1 is 1.33 bits per heavy atom. The van der Waals surface area contributed by atoms with Crippen molar-refractivity contribution < 1.29 is 18.5 Å². The number of hydrogen-bond acceptors (Lipinski definition) is 3. The van der Waals surface area contributed by atoms with Gasteiger partial charge in [0, 0.05) is 0 Å². The second-order valence-electron chi connectivity index (χ2n) is 0.231. The third-order valence-corrected chi connectivity index (χ3v) is 0. The molecule has 0 rings (SSSR count). The van der Waals surface area contributed by atoms with Crippen LogP contribution < -0.4 is 5.90 Å². The highest BCUT2D eigenvalue weighted by molar-refractivity contribution is 7.73. The first-order valence-electron chi connectivity index (χ1n) is 0.790. The van der Waals surface area contributed by atoms with Crippen molar-refractivity contribution >= 4 is 11.4 Å². The van der Waals surface area contributed by atoms with Crippen molar-refractivity contribution in [2.75, 3.05) is 0 Å². The Hall–Kier alpha value is -0.0100. The molecule has 0 heterocycles. The first-order chi connectivity index (χ1) is 2.73. The Morgan fingerprint density at radius 3 is 1.33 bits per heavy atom. The van der Waals surface area contributed by atoms with E-state index in [2.05, 4.69) is 5.90 Å². The van der Waals surface area contributed by atoms with Gasteiger partial charge in [-0.1, -0.05) is 0 Å². The van der Waals surface area contributed by atoms with Gasteiger partial charge in [0.1, 0.15) is 0 Å². The van der Waals surface area contributed by atoms with Crippen LogP contribution in [-0.4, -0.2) is 18.5 Å². The van der Waals surface area contributed by atoms with Gasteiger partial charge in [-0.2, -0.15) is 4.21 Å². The van der Waals surface area contributed by atoms with E-state index in [9.17, 15) is 0 Å². The molecule has 5 nitrogen and oxygen atoms in total. The molecule has 40 valence electrons. The van der Waals surface area contributed by atoms with E-state index >= 15 is 0 Å². The second kappa shape index (κ2) is 8.89. The van der Waals surface area contributed by atoms with Crippen molar-refractivity contribution in [1.29, 1.82) is 0 Å². The Morgan fingerprint density at radius 2 is 1.33 bits per heavy atom.